The number of carboxylic acids is 1. The number of likely N-dealkylation sites (tertiary alicyclic amines) is 1. The van der Waals surface area contributed by atoms with Crippen LogP contribution in [0.5, 0.6) is 0 Å². The van der Waals surface area contributed by atoms with E-state index >= 15 is 0 Å². The molecule has 0 atom stereocenters. The number of aryl methyl sites for hydroxylation is 1. The molecule has 2 rings (SSSR count). The molecule has 0 spiro atoms. The average Bonchev–Trinajstić information content (AvgIpc) is 2.45. The molecule has 1 N–H and O–H groups in total. The number of rotatable bonds is 4. The number of nitrogens with zero attached hydrogens (tertiary/aromatic N) is 1. The highest BCUT2D eigenvalue weighted by Crippen LogP contribution is 2.23. The lowest BCUT2D eigenvalue weighted by molar-refractivity contribution is -0.137. The predicted octanol–water partition coefficient (Wildman–Crippen LogP) is 2.71. The molecule has 0 aliphatic carbocycles. The lowest BCUT2D eigenvalue weighted by Crippen LogP contribution is -2.38. The lowest BCUT2D eigenvalue weighted by Gasteiger charge is -2.32. The van der Waals surface area contributed by atoms with E-state index in [-0.39, 0.29) is 12.3 Å². The summed E-state index contributed by atoms with van der Waals surface area (Å²) in [6.07, 6.45) is 2.77. The Morgan fingerprint density at radius 1 is 1.25 bits per heavy atom. The summed E-state index contributed by atoms with van der Waals surface area (Å²) in [4.78, 5) is 24.9. The lowest BCUT2D eigenvalue weighted by atomic mass is 9.91. The van der Waals surface area contributed by atoms with Crippen molar-refractivity contribution in [1.82, 2.24) is 4.90 Å². The molecule has 108 valence electrons. The van der Waals surface area contributed by atoms with Crippen molar-refractivity contribution < 1.29 is 14.7 Å². The molecule has 0 unspecified atom stereocenters. The zero-order valence-corrected chi connectivity index (χ0v) is 11.8. The molecule has 20 heavy (non-hydrogen) atoms. The van der Waals surface area contributed by atoms with Gasteiger partial charge in [-0.25, -0.2) is 0 Å². The molecule has 1 amide bonds. The van der Waals surface area contributed by atoms with E-state index in [1.54, 1.807) is 0 Å². The zero-order chi connectivity index (χ0) is 14.5. The highest BCUT2D eigenvalue weighted by atomic mass is 16.4. The highest BCUT2D eigenvalue weighted by Gasteiger charge is 2.24. The average molecular weight is 275 g/mol. The third-order valence-electron chi connectivity index (χ3n) is 4.04. The molecule has 0 saturated carbocycles. The van der Waals surface area contributed by atoms with Crippen LogP contribution in [0.2, 0.25) is 0 Å². The van der Waals surface area contributed by atoms with Crippen molar-refractivity contribution in [3.8, 4) is 0 Å². The number of piperidine rings is 1. The van der Waals surface area contributed by atoms with E-state index in [1.165, 1.54) is 0 Å². The summed E-state index contributed by atoms with van der Waals surface area (Å²) in [5, 5.41) is 8.70. The van der Waals surface area contributed by atoms with Gasteiger partial charge in [0.05, 0.1) is 0 Å². The van der Waals surface area contributed by atoms with Crippen LogP contribution >= 0.6 is 0 Å². The molecule has 1 fully saturated rings. The van der Waals surface area contributed by atoms with Crippen molar-refractivity contribution in [2.75, 3.05) is 13.1 Å². The standard InChI is InChI=1S/C16H21NO3/c1-12-4-2-3-5-14(12)16(20)17-10-8-13(9-11-17)6-7-15(18)19/h2-5,13H,6-11H2,1H3,(H,18,19). The first-order valence-electron chi connectivity index (χ1n) is 7.14. The fraction of sp³-hybridized carbons (Fsp3) is 0.500. The molecular weight excluding hydrogens is 254 g/mol. The Bertz CT molecular complexity index is 490. The third kappa shape index (κ3) is 3.59. The summed E-state index contributed by atoms with van der Waals surface area (Å²) >= 11 is 0. The molecule has 1 heterocycles. The van der Waals surface area contributed by atoms with Crippen LogP contribution < -0.4 is 0 Å². The highest BCUT2D eigenvalue weighted by molar-refractivity contribution is 5.95. The van der Waals surface area contributed by atoms with Gasteiger partial charge in [0.25, 0.3) is 5.91 Å². The smallest absolute Gasteiger partial charge is 0.303 e. The minimum absolute atomic E-state index is 0.0970. The fourth-order valence-electron chi connectivity index (χ4n) is 2.74. The van der Waals surface area contributed by atoms with Gasteiger partial charge in [-0.2, -0.15) is 0 Å². The molecule has 0 radical (unpaired) electrons. The largest absolute Gasteiger partial charge is 0.481 e. The Balaban J connectivity index is 1.89. The minimum atomic E-state index is -0.733. The van der Waals surface area contributed by atoms with Gasteiger partial charge in [-0.15, -0.1) is 0 Å². The molecule has 1 aromatic carbocycles. The van der Waals surface area contributed by atoms with E-state index in [0.717, 1.165) is 43.5 Å². The van der Waals surface area contributed by atoms with Gasteiger partial charge in [0.2, 0.25) is 0 Å². The van der Waals surface area contributed by atoms with Gasteiger partial charge in [-0.05, 0) is 43.7 Å². The van der Waals surface area contributed by atoms with Gasteiger partial charge in [0.1, 0.15) is 0 Å². The second-order valence-electron chi connectivity index (χ2n) is 5.48. The van der Waals surface area contributed by atoms with Crippen molar-refractivity contribution in [1.29, 1.82) is 0 Å². The van der Waals surface area contributed by atoms with Crippen molar-refractivity contribution in [3.05, 3.63) is 35.4 Å². The molecule has 1 aliphatic rings. The monoisotopic (exact) mass is 275 g/mol. The molecule has 0 bridgehead atoms. The molecule has 1 aliphatic heterocycles. The number of hydrogen-bond acceptors (Lipinski definition) is 2. The van der Waals surface area contributed by atoms with Crippen LogP contribution in [-0.4, -0.2) is 35.0 Å². The number of carboxylic acid groups (broad SMARTS) is 1. The Labute approximate surface area is 119 Å². The van der Waals surface area contributed by atoms with E-state index in [9.17, 15) is 9.59 Å². The maximum absolute atomic E-state index is 12.4. The van der Waals surface area contributed by atoms with Crippen LogP contribution in [0.1, 0.15) is 41.6 Å². The van der Waals surface area contributed by atoms with Crippen LogP contribution in [0.25, 0.3) is 0 Å². The quantitative estimate of drug-likeness (QED) is 0.919. The van der Waals surface area contributed by atoms with Crippen molar-refractivity contribution in [2.24, 2.45) is 5.92 Å². The Morgan fingerprint density at radius 2 is 1.90 bits per heavy atom. The van der Waals surface area contributed by atoms with Gasteiger partial charge < -0.3 is 10.0 Å². The maximum atomic E-state index is 12.4. The first-order valence-corrected chi connectivity index (χ1v) is 7.14. The van der Waals surface area contributed by atoms with E-state index < -0.39 is 5.97 Å². The molecular formula is C16H21NO3. The maximum Gasteiger partial charge on any atom is 0.303 e. The van der Waals surface area contributed by atoms with Crippen LogP contribution in [0, 0.1) is 12.8 Å². The molecule has 4 heteroatoms. The number of carbonyl (C=O) groups is 2. The van der Waals surface area contributed by atoms with Gasteiger partial charge >= 0.3 is 5.97 Å². The van der Waals surface area contributed by atoms with Crippen LogP contribution in [0.3, 0.4) is 0 Å². The van der Waals surface area contributed by atoms with Crippen molar-refractivity contribution in [3.63, 3.8) is 0 Å². The SMILES string of the molecule is Cc1ccccc1C(=O)N1CCC(CCC(=O)O)CC1. The summed E-state index contributed by atoms with van der Waals surface area (Å²) in [5.74, 6) is -0.199. The van der Waals surface area contributed by atoms with Gasteiger partial charge in [-0.1, -0.05) is 18.2 Å². The van der Waals surface area contributed by atoms with E-state index in [2.05, 4.69) is 0 Å². The number of carbonyl (C=O) groups excluding carboxylic acids is 1. The Morgan fingerprint density at radius 3 is 2.50 bits per heavy atom. The van der Waals surface area contributed by atoms with Crippen LogP contribution in [0.15, 0.2) is 24.3 Å². The Hall–Kier alpha value is -1.84. The number of benzene rings is 1. The molecule has 1 saturated heterocycles. The summed E-state index contributed by atoms with van der Waals surface area (Å²) < 4.78 is 0. The first-order chi connectivity index (χ1) is 9.58. The third-order valence-corrected chi connectivity index (χ3v) is 4.04. The minimum Gasteiger partial charge on any atom is -0.481 e. The number of amides is 1. The molecule has 4 nitrogen and oxygen atoms in total. The normalized spacial score (nSPS) is 16.1. The van der Waals surface area contributed by atoms with Gasteiger partial charge in [0.15, 0.2) is 0 Å². The molecule has 1 aromatic rings. The zero-order valence-electron chi connectivity index (χ0n) is 11.8. The fourth-order valence-corrected chi connectivity index (χ4v) is 2.74. The number of hydrogen-bond donors (Lipinski definition) is 1. The topological polar surface area (TPSA) is 57.6 Å². The van der Waals surface area contributed by atoms with Crippen LogP contribution in [0.4, 0.5) is 0 Å². The summed E-state index contributed by atoms with van der Waals surface area (Å²) in [6, 6.07) is 7.64. The second kappa shape index (κ2) is 6.55. The second-order valence-corrected chi connectivity index (χ2v) is 5.48. The van der Waals surface area contributed by atoms with Gasteiger partial charge in [0, 0.05) is 25.1 Å². The van der Waals surface area contributed by atoms with Crippen molar-refractivity contribution >= 4 is 11.9 Å². The predicted molar refractivity (Wildman–Crippen MR) is 76.7 cm³/mol. The first kappa shape index (κ1) is 14.6. The van der Waals surface area contributed by atoms with Crippen LogP contribution in [-0.2, 0) is 4.79 Å². The summed E-state index contributed by atoms with van der Waals surface area (Å²) in [7, 11) is 0. The number of aliphatic carboxylic acids is 1. The summed E-state index contributed by atoms with van der Waals surface area (Å²) in [5.41, 5.74) is 1.78. The molecule has 0 aromatic heterocycles. The van der Waals surface area contributed by atoms with E-state index in [0.29, 0.717) is 5.92 Å². The summed E-state index contributed by atoms with van der Waals surface area (Å²) in [6.45, 7) is 3.42. The van der Waals surface area contributed by atoms with E-state index in [4.69, 9.17) is 5.11 Å². The van der Waals surface area contributed by atoms with Gasteiger partial charge in [-0.3, -0.25) is 9.59 Å². The van der Waals surface area contributed by atoms with E-state index in [1.807, 2.05) is 36.1 Å². The Kier molecular flexibility index (Phi) is 4.77. The van der Waals surface area contributed by atoms with Crippen molar-refractivity contribution in [2.45, 2.75) is 32.6 Å².